The molecule has 0 saturated heterocycles. The Hall–Kier alpha value is -3.62. The maximum Gasteiger partial charge on any atom is 0.306 e. The van der Waals surface area contributed by atoms with Crippen LogP contribution in [0.15, 0.2) is 30.5 Å². The third-order valence-electron chi connectivity index (χ3n) is 5.77. The number of benzene rings is 1. The number of pyridine rings is 1. The summed E-state index contributed by atoms with van der Waals surface area (Å²) in [7, 11) is 0. The number of esters is 1. The van der Waals surface area contributed by atoms with Gasteiger partial charge in [0.2, 0.25) is 0 Å². The summed E-state index contributed by atoms with van der Waals surface area (Å²) in [6.07, 6.45) is 1.39. The van der Waals surface area contributed by atoms with E-state index in [2.05, 4.69) is 4.98 Å². The van der Waals surface area contributed by atoms with Gasteiger partial charge in [-0.3, -0.25) is 18.8 Å². The van der Waals surface area contributed by atoms with Crippen LogP contribution in [0.2, 0.25) is 0 Å². The fraction of sp³-hybridized carbons (Fsp3) is 0.448. The van der Waals surface area contributed by atoms with E-state index < -0.39 is 34.4 Å². The van der Waals surface area contributed by atoms with Crippen molar-refractivity contribution in [1.29, 1.82) is 0 Å². The van der Waals surface area contributed by atoms with Crippen LogP contribution < -0.4 is 4.74 Å². The molecule has 7 nitrogen and oxygen atoms in total. The quantitative estimate of drug-likeness (QED) is 0.180. The summed E-state index contributed by atoms with van der Waals surface area (Å²) in [6, 6.07) is 5.24. The van der Waals surface area contributed by atoms with Gasteiger partial charge in [-0.05, 0) is 63.8 Å². The molecule has 0 unspecified atom stereocenters. The summed E-state index contributed by atoms with van der Waals surface area (Å²) in [5.41, 5.74) is 0.105. The number of rotatable bonds is 10. The number of nitrogens with zero attached hydrogens (tertiary/aromatic N) is 2. The van der Waals surface area contributed by atoms with Gasteiger partial charge < -0.3 is 9.47 Å². The number of Topliss-reactive ketones (excluding diaryl/α,β-unsaturated/α-hetero) is 2. The minimum Gasteiger partial charge on any atom is -0.485 e. The smallest absolute Gasteiger partial charge is 0.306 e. The molecule has 0 bridgehead atoms. The Morgan fingerprint density at radius 2 is 1.63 bits per heavy atom. The van der Waals surface area contributed by atoms with E-state index in [0.29, 0.717) is 11.3 Å². The Labute approximate surface area is 221 Å². The number of ether oxygens (including phenoxy) is 2. The predicted molar refractivity (Wildman–Crippen MR) is 138 cm³/mol. The number of halogens is 2. The van der Waals surface area contributed by atoms with Crippen molar-refractivity contribution >= 4 is 23.2 Å². The average molecular weight is 529 g/mol. The molecule has 0 amide bonds. The van der Waals surface area contributed by atoms with Crippen LogP contribution in [0, 0.1) is 30.9 Å². The van der Waals surface area contributed by atoms with E-state index >= 15 is 0 Å². The number of carbonyl (C=O) groups is 3. The highest BCUT2D eigenvalue weighted by molar-refractivity contribution is 6.08. The first-order valence-electron chi connectivity index (χ1n) is 12.4. The molecule has 0 N–H and O–H groups in total. The zero-order chi connectivity index (χ0) is 28.4. The number of hydrogen-bond acceptors (Lipinski definition) is 6. The van der Waals surface area contributed by atoms with Crippen molar-refractivity contribution in [2.24, 2.45) is 5.41 Å². The van der Waals surface area contributed by atoms with E-state index in [1.807, 2.05) is 0 Å². The lowest BCUT2D eigenvalue weighted by atomic mass is 9.83. The van der Waals surface area contributed by atoms with Gasteiger partial charge in [0.1, 0.15) is 35.3 Å². The van der Waals surface area contributed by atoms with E-state index in [-0.39, 0.29) is 48.7 Å². The molecule has 0 atom stereocenters. The van der Waals surface area contributed by atoms with Crippen LogP contribution in [-0.2, 0) is 20.9 Å². The Bertz CT molecular complexity index is 1370. The van der Waals surface area contributed by atoms with Gasteiger partial charge in [0.05, 0.1) is 24.1 Å². The molecule has 2 heterocycles. The van der Waals surface area contributed by atoms with E-state index in [1.54, 1.807) is 65.1 Å². The molecule has 0 radical (unpaired) electrons. The highest BCUT2D eigenvalue weighted by atomic mass is 19.1. The van der Waals surface area contributed by atoms with Gasteiger partial charge in [-0.15, -0.1) is 0 Å². The number of carbonyl (C=O) groups excluding carboxylic acids is 3. The van der Waals surface area contributed by atoms with Crippen LogP contribution in [0.4, 0.5) is 8.78 Å². The van der Waals surface area contributed by atoms with Crippen molar-refractivity contribution in [3.8, 4) is 5.75 Å². The molecule has 3 aromatic rings. The number of hydrogen-bond donors (Lipinski definition) is 0. The lowest BCUT2D eigenvalue weighted by molar-refractivity contribution is -0.157. The van der Waals surface area contributed by atoms with Crippen molar-refractivity contribution in [2.45, 2.75) is 79.9 Å². The summed E-state index contributed by atoms with van der Waals surface area (Å²) in [4.78, 5) is 42.7. The van der Waals surface area contributed by atoms with Crippen LogP contribution in [0.25, 0.3) is 5.65 Å². The highest BCUT2D eigenvalue weighted by Crippen LogP contribution is 2.29. The third-order valence-corrected chi connectivity index (χ3v) is 5.77. The molecule has 38 heavy (non-hydrogen) atoms. The summed E-state index contributed by atoms with van der Waals surface area (Å²) in [5, 5.41) is 0. The van der Waals surface area contributed by atoms with Crippen LogP contribution in [0.1, 0.15) is 81.2 Å². The van der Waals surface area contributed by atoms with Crippen molar-refractivity contribution in [1.82, 2.24) is 9.38 Å². The van der Waals surface area contributed by atoms with Gasteiger partial charge in [-0.25, -0.2) is 13.8 Å². The molecule has 0 saturated carbocycles. The molecule has 0 aliphatic carbocycles. The highest BCUT2D eigenvalue weighted by Gasteiger charge is 2.30. The Balaban J connectivity index is 1.78. The van der Waals surface area contributed by atoms with Crippen molar-refractivity contribution in [2.75, 3.05) is 0 Å². The lowest BCUT2D eigenvalue weighted by Gasteiger charge is -2.26. The van der Waals surface area contributed by atoms with Gasteiger partial charge in [0.15, 0.2) is 17.2 Å². The number of aryl methyl sites for hydroxylation is 2. The maximum absolute atomic E-state index is 14.1. The second kappa shape index (κ2) is 11.0. The molecular formula is C29H34F2N2O5. The predicted octanol–water partition coefficient (Wildman–Crippen LogP) is 6.10. The average Bonchev–Trinajstić information content (AvgIpc) is 3.06. The SMILES string of the molecule is Cc1cc(OCc2c(F)cccc2F)c2nc(C)c(C(=O)CC(=O)CC(C)(C)CC(=O)OC(C)(C)C)n2c1. The molecule has 1 aromatic carbocycles. The van der Waals surface area contributed by atoms with Crippen molar-refractivity contribution in [3.05, 3.63) is 64.6 Å². The monoisotopic (exact) mass is 528 g/mol. The number of fused-ring (bicyclic) bond motifs is 1. The molecular weight excluding hydrogens is 494 g/mol. The van der Waals surface area contributed by atoms with E-state index in [4.69, 9.17) is 9.47 Å². The molecule has 9 heteroatoms. The standard InChI is InChI=1S/C29H34F2N2O5/c1-17-11-24(37-16-20-21(30)9-8-10-22(20)31)27-32-18(2)26(33(27)15-17)23(35)12-19(34)13-29(6,7)14-25(36)38-28(3,4)5/h8-11,15H,12-14,16H2,1-7H3. The molecule has 0 aliphatic heterocycles. The summed E-state index contributed by atoms with van der Waals surface area (Å²) in [5.74, 6) is -2.34. The molecule has 3 rings (SSSR count). The Morgan fingerprint density at radius 1 is 1.00 bits per heavy atom. The minimum absolute atomic E-state index is 0.0232. The first kappa shape index (κ1) is 28.9. The zero-order valence-corrected chi connectivity index (χ0v) is 22.9. The molecule has 0 spiro atoms. The van der Waals surface area contributed by atoms with Crippen molar-refractivity contribution in [3.63, 3.8) is 0 Å². The first-order valence-corrected chi connectivity index (χ1v) is 12.4. The van der Waals surface area contributed by atoms with Gasteiger partial charge >= 0.3 is 5.97 Å². The van der Waals surface area contributed by atoms with E-state index in [0.717, 1.165) is 17.7 Å². The Kier molecular flexibility index (Phi) is 8.39. The van der Waals surface area contributed by atoms with Crippen LogP contribution in [0.5, 0.6) is 5.75 Å². The van der Waals surface area contributed by atoms with Gasteiger partial charge in [-0.1, -0.05) is 19.9 Å². The fourth-order valence-electron chi connectivity index (χ4n) is 4.31. The van der Waals surface area contributed by atoms with Crippen LogP contribution in [0.3, 0.4) is 0 Å². The maximum atomic E-state index is 14.1. The summed E-state index contributed by atoms with van der Waals surface area (Å²) in [6.45, 7) is 12.0. The van der Waals surface area contributed by atoms with Gasteiger partial charge in [0.25, 0.3) is 0 Å². The van der Waals surface area contributed by atoms with Gasteiger partial charge in [-0.2, -0.15) is 0 Å². The molecule has 0 aliphatic rings. The number of ketones is 2. The molecule has 204 valence electrons. The number of imidazole rings is 1. The van der Waals surface area contributed by atoms with E-state index in [9.17, 15) is 23.2 Å². The zero-order valence-electron chi connectivity index (χ0n) is 22.9. The largest absolute Gasteiger partial charge is 0.485 e. The Morgan fingerprint density at radius 3 is 2.24 bits per heavy atom. The normalized spacial score (nSPS) is 12.0. The molecule has 0 fully saturated rings. The van der Waals surface area contributed by atoms with Crippen molar-refractivity contribution < 1.29 is 32.6 Å². The second-order valence-electron chi connectivity index (χ2n) is 11.4. The topological polar surface area (TPSA) is 87.0 Å². The summed E-state index contributed by atoms with van der Waals surface area (Å²) >= 11 is 0. The van der Waals surface area contributed by atoms with Crippen LogP contribution >= 0.6 is 0 Å². The van der Waals surface area contributed by atoms with Crippen LogP contribution in [-0.4, -0.2) is 32.5 Å². The van der Waals surface area contributed by atoms with E-state index in [1.165, 1.54) is 6.07 Å². The summed E-state index contributed by atoms with van der Waals surface area (Å²) < 4.78 is 40.7. The second-order valence-corrected chi connectivity index (χ2v) is 11.4. The molecule has 2 aromatic heterocycles. The minimum atomic E-state index is -0.725. The number of aromatic nitrogens is 2. The van der Waals surface area contributed by atoms with Gasteiger partial charge in [0, 0.05) is 12.6 Å². The lowest BCUT2D eigenvalue weighted by Crippen LogP contribution is -2.29. The fourth-order valence-corrected chi connectivity index (χ4v) is 4.31. The first-order chi connectivity index (χ1) is 17.6. The third kappa shape index (κ3) is 7.24.